The molecule has 0 aromatic rings. The van der Waals surface area contributed by atoms with Crippen LogP contribution in [-0.4, -0.2) is 89.0 Å². The molecule has 0 aromatic carbocycles. The molecule has 1 aliphatic heterocycles. The summed E-state index contributed by atoms with van der Waals surface area (Å²) in [7, 11) is 0. The van der Waals surface area contributed by atoms with Gasteiger partial charge in [0.15, 0.2) is 5.96 Å². The maximum absolute atomic E-state index is 13.0. The zero-order valence-corrected chi connectivity index (χ0v) is 20.4. The first-order valence-corrected chi connectivity index (χ1v) is 11.8. The Hall–Kier alpha value is -3.95. The Morgan fingerprint density at radius 3 is 1.97 bits per heavy atom. The molecular weight excluding hydrogens is 492 g/mol. The third kappa shape index (κ3) is 12.5. The molecule has 1 heterocycles. The number of carboxylic acids is 2. The predicted molar refractivity (Wildman–Crippen MR) is 130 cm³/mol. The van der Waals surface area contributed by atoms with Crippen LogP contribution in [0.5, 0.6) is 0 Å². The van der Waals surface area contributed by atoms with Gasteiger partial charge in [0, 0.05) is 19.4 Å². The maximum Gasteiger partial charge on any atom is 0.326 e. The van der Waals surface area contributed by atoms with Crippen molar-refractivity contribution in [2.75, 3.05) is 13.1 Å². The van der Waals surface area contributed by atoms with Crippen molar-refractivity contribution in [1.29, 1.82) is 0 Å². The molecule has 4 atom stereocenters. The highest BCUT2D eigenvalue weighted by molar-refractivity contribution is 5.94. The minimum atomic E-state index is -1.43. The lowest BCUT2D eigenvalue weighted by atomic mass is 10.1. The first-order valence-electron chi connectivity index (χ1n) is 11.8. The maximum atomic E-state index is 13.0. The molecule has 16 nitrogen and oxygen atoms in total. The van der Waals surface area contributed by atoms with Crippen LogP contribution in [-0.2, 0) is 28.8 Å². The number of nitrogens with one attached hydrogen (secondary N) is 4. The molecule has 1 aliphatic rings. The lowest BCUT2D eigenvalue weighted by Gasteiger charge is -2.25. The Bertz CT molecular complexity index is 871. The van der Waals surface area contributed by atoms with E-state index in [0.717, 1.165) is 6.42 Å². The first-order chi connectivity index (χ1) is 17.4. The largest absolute Gasteiger partial charge is 0.481 e. The summed E-state index contributed by atoms with van der Waals surface area (Å²) < 4.78 is 0. The van der Waals surface area contributed by atoms with E-state index in [0.29, 0.717) is 13.0 Å². The summed E-state index contributed by atoms with van der Waals surface area (Å²) >= 11 is 0. The Labute approximate surface area is 213 Å². The van der Waals surface area contributed by atoms with Crippen LogP contribution in [0.4, 0.5) is 0 Å². The summed E-state index contributed by atoms with van der Waals surface area (Å²) in [4.78, 5) is 76.0. The highest BCUT2D eigenvalue weighted by Crippen LogP contribution is 2.08. The first kappa shape index (κ1) is 31.1. The summed E-state index contributed by atoms with van der Waals surface area (Å²) in [6.07, 6.45) is 0.248. The van der Waals surface area contributed by atoms with Gasteiger partial charge in [-0.2, -0.15) is 0 Å². The van der Waals surface area contributed by atoms with Crippen LogP contribution >= 0.6 is 0 Å². The van der Waals surface area contributed by atoms with E-state index < -0.39 is 66.2 Å². The molecule has 0 radical (unpaired) electrons. The van der Waals surface area contributed by atoms with Gasteiger partial charge in [-0.3, -0.25) is 29.0 Å². The number of rotatable bonds is 17. The average Bonchev–Trinajstić information content (AvgIpc) is 3.35. The van der Waals surface area contributed by atoms with E-state index in [1.807, 2.05) is 0 Å². The smallest absolute Gasteiger partial charge is 0.326 e. The molecule has 0 saturated carbocycles. The molecule has 0 bridgehead atoms. The minimum Gasteiger partial charge on any atom is -0.481 e. The lowest BCUT2D eigenvalue weighted by molar-refractivity contribution is -0.143. The van der Waals surface area contributed by atoms with E-state index in [9.17, 15) is 33.9 Å². The van der Waals surface area contributed by atoms with E-state index in [1.165, 1.54) is 0 Å². The normalized spacial score (nSPS) is 17.0. The highest BCUT2D eigenvalue weighted by Gasteiger charge is 2.31. The van der Waals surface area contributed by atoms with Crippen molar-refractivity contribution < 1.29 is 39.0 Å². The summed E-state index contributed by atoms with van der Waals surface area (Å²) in [6, 6.07) is -4.55. The van der Waals surface area contributed by atoms with Gasteiger partial charge in [-0.05, 0) is 45.1 Å². The van der Waals surface area contributed by atoms with E-state index in [-0.39, 0.29) is 44.6 Å². The summed E-state index contributed by atoms with van der Waals surface area (Å²) in [5.41, 5.74) is 15.6. The molecule has 4 unspecified atom stereocenters. The van der Waals surface area contributed by atoms with Crippen molar-refractivity contribution in [2.45, 2.75) is 75.5 Å². The van der Waals surface area contributed by atoms with Crippen molar-refractivity contribution in [3.8, 4) is 0 Å². The minimum absolute atomic E-state index is 0.0386. The number of carbonyl (C=O) groups excluding carboxylic acids is 4. The van der Waals surface area contributed by atoms with Gasteiger partial charge in [-0.25, -0.2) is 4.79 Å². The van der Waals surface area contributed by atoms with Crippen molar-refractivity contribution in [2.24, 2.45) is 22.2 Å². The molecular formula is C21H36N8O8. The van der Waals surface area contributed by atoms with Gasteiger partial charge in [0.25, 0.3) is 0 Å². The second-order valence-electron chi connectivity index (χ2n) is 8.56. The van der Waals surface area contributed by atoms with Crippen molar-refractivity contribution >= 4 is 41.5 Å². The average molecular weight is 529 g/mol. The summed E-state index contributed by atoms with van der Waals surface area (Å²) in [5.74, 6) is -5.73. The molecule has 1 rings (SSSR count). The van der Waals surface area contributed by atoms with Crippen LogP contribution in [0.1, 0.15) is 51.4 Å². The number of hydrogen-bond donors (Lipinski definition) is 9. The summed E-state index contributed by atoms with van der Waals surface area (Å²) in [6.45, 7) is 0.753. The molecule has 208 valence electrons. The number of carboxylic acid groups (broad SMARTS) is 2. The number of amides is 4. The summed E-state index contributed by atoms with van der Waals surface area (Å²) in [5, 5.41) is 28.6. The Balaban J connectivity index is 2.94. The number of nitrogens with two attached hydrogens (primary N) is 3. The Kier molecular flexibility index (Phi) is 13.4. The fraction of sp³-hybridized carbons (Fsp3) is 0.667. The Morgan fingerprint density at radius 1 is 0.865 bits per heavy atom. The fourth-order valence-electron chi connectivity index (χ4n) is 3.58. The Morgan fingerprint density at radius 2 is 1.46 bits per heavy atom. The van der Waals surface area contributed by atoms with Crippen LogP contribution in [0, 0.1) is 0 Å². The molecule has 0 aromatic heterocycles. The molecule has 1 saturated heterocycles. The zero-order chi connectivity index (χ0) is 28.0. The zero-order valence-electron chi connectivity index (χ0n) is 20.4. The number of primary amides is 1. The molecule has 1 fully saturated rings. The molecule has 4 amide bonds. The number of hydrogen-bond acceptors (Lipinski definition) is 8. The van der Waals surface area contributed by atoms with Crippen LogP contribution < -0.4 is 38.5 Å². The van der Waals surface area contributed by atoms with Gasteiger partial charge in [0.1, 0.15) is 18.1 Å². The van der Waals surface area contributed by atoms with Crippen LogP contribution in [0.3, 0.4) is 0 Å². The van der Waals surface area contributed by atoms with Gasteiger partial charge in [0.2, 0.25) is 23.6 Å². The number of guanidine groups is 1. The van der Waals surface area contributed by atoms with E-state index >= 15 is 0 Å². The van der Waals surface area contributed by atoms with E-state index in [4.69, 9.17) is 22.3 Å². The van der Waals surface area contributed by atoms with Gasteiger partial charge in [-0.1, -0.05) is 0 Å². The number of aliphatic imine (C=N–C) groups is 1. The highest BCUT2D eigenvalue weighted by atomic mass is 16.4. The van der Waals surface area contributed by atoms with Crippen molar-refractivity contribution in [1.82, 2.24) is 21.3 Å². The predicted octanol–water partition coefficient (Wildman–Crippen LogP) is -3.54. The molecule has 16 heteroatoms. The van der Waals surface area contributed by atoms with E-state index in [2.05, 4.69) is 26.3 Å². The van der Waals surface area contributed by atoms with Gasteiger partial charge in [-0.15, -0.1) is 0 Å². The molecule has 0 aliphatic carbocycles. The number of aliphatic carboxylic acids is 2. The van der Waals surface area contributed by atoms with Crippen LogP contribution in [0.2, 0.25) is 0 Å². The number of nitrogens with zero attached hydrogens (tertiary/aromatic N) is 1. The second kappa shape index (κ2) is 15.9. The molecule has 12 N–H and O–H groups in total. The monoisotopic (exact) mass is 528 g/mol. The standard InChI is InChI=1S/C21H36N8O8/c22-15(30)7-5-12(27-17(33)11-3-1-9-25-11)18(34)28-13(6-8-16(31)32)19(35)29-14(20(36)37)4-2-10-26-21(23)24/h11-14,25H,1-10H2,(H2,22,30)(H,27,33)(H,28,34)(H,29,35)(H,31,32)(H,36,37)(H4,23,24,26). The quantitative estimate of drug-likeness (QED) is 0.0506. The molecule has 0 spiro atoms. The second-order valence-corrected chi connectivity index (χ2v) is 8.56. The topological polar surface area (TPSA) is 281 Å². The third-order valence-electron chi connectivity index (χ3n) is 5.53. The van der Waals surface area contributed by atoms with Gasteiger partial charge < -0.3 is 48.7 Å². The number of carbonyl (C=O) groups is 6. The van der Waals surface area contributed by atoms with Crippen molar-refractivity contribution in [3.05, 3.63) is 0 Å². The van der Waals surface area contributed by atoms with Gasteiger partial charge >= 0.3 is 11.9 Å². The third-order valence-corrected chi connectivity index (χ3v) is 5.53. The van der Waals surface area contributed by atoms with Gasteiger partial charge in [0.05, 0.1) is 6.04 Å². The van der Waals surface area contributed by atoms with Crippen LogP contribution in [0.25, 0.3) is 0 Å². The lowest BCUT2D eigenvalue weighted by Crippen LogP contribution is -2.57. The fourth-order valence-corrected chi connectivity index (χ4v) is 3.58. The molecule has 37 heavy (non-hydrogen) atoms. The van der Waals surface area contributed by atoms with Crippen molar-refractivity contribution in [3.63, 3.8) is 0 Å². The SMILES string of the molecule is NC(=O)CCC(NC(=O)C1CCCN1)C(=O)NC(CCC(=O)O)C(=O)NC(CCCN=C(N)N)C(=O)O. The van der Waals surface area contributed by atoms with E-state index in [1.54, 1.807) is 0 Å². The van der Waals surface area contributed by atoms with Crippen LogP contribution in [0.15, 0.2) is 4.99 Å².